The van der Waals surface area contributed by atoms with Crippen molar-refractivity contribution in [1.29, 1.82) is 0 Å². The van der Waals surface area contributed by atoms with Gasteiger partial charge >= 0.3 is 0 Å². The molecule has 0 unspecified atom stereocenters. The number of benzene rings is 9. The zero-order valence-corrected chi connectivity index (χ0v) is 41.0. The molecule has 0 aliphatic rings. The van der Waals surface area contributed by atoms with E-state index in [0.29, 0.717) is 0 Å². The monoisotopic (exact) mass is 929 g/mol. The van der Waals surface area contributed by atoms with E-state index in [1.54, 1.807) is 0 Å². The normalized spacial score (nSPS) is 12.0. The van der Waals surface area contributed by atoms with Crippen molar-refractivity contribution in [1.82, 2.24) is 20.9 Å². The molecule has 0 amide bonds. The molecule has 0 aliphatic heterocycles. The summed E-state index contributed by atoms with van der Waals surface area (Å²) in [5, 5.41) is 12.1. The molecule has 71 heavy (non-hydrogen) atoms. The van der Waals surface area contributed by atoms with Gasteiger partial charge in [-0.3, -0.25) is 15.5 Å². The van der Waals surface area contributed by atoms with Crippen LogP contribution in [-0.2, 0) is 16.6 Å². The molecule has 0 saturated heterocycles. The predicted octanol–water partition coefficient (Wildman–Crippen LogP) is 13.6. The number of nitrogens with one attached hydrogen (secondary N) is 3. The summed E-state index contributed by atoms with van der Waals surface area (Å²) >= 11 is 0. The molecule has 0 heterocycles. The summed E-state index contributed by atoms with van der Waals surface area (Å²) in [6.07, 6.45) is 4.05. The molecular formula is C67H68N4. The molecule has 4 heteroatoms. The van der Waals surface area contributed by atoms with E-state index in [0.717, 1.165) is 65.0 Å². The van der Waals surface area contributed by atoms with Gasteiger partial charge in [-0.1, -0.05) is 273 Å². The zero-order chi connectivity index (χ0) is 48.3. The summed E-state index contributed by atoms with van der Waals surface area (Å²) in [5.74, 6) is 0. The molecule has 9 aromatic carbocycles. The molecule has 0 atom stereocenters. The number of hydrogen-bond donors (Lipinski definition) is 3. The summed E-state index contributed by atoms with van der Waals surface area (Å²) in [6.45, 7) is 5.37. The minimum atomic E-state index is -0.530. The first-order valence-corrected chi connectivity index (χ1v) is 25.7. The third-order valence-corrected chi connectivity index (χ3v) is 14.2. The summed E-state index contributed by atoms with van der Waals surface area (Å²) in [7, 11) is 0. The van der Waals surface area contributed by atoms with Crippen LogP contribution in [0.15, 0.2) is 273 Å². The Bertz CT molecular complexity index is 2580. The molecule has 0 aliphatic carbocycles. The van der Waals surface area contributed by atoms with Crippen LogP contribution in [0.2, 0.25) is 0 Å². The molecule has 356 valence electrons. The van der Waals surface area contributed by atoms with Gasteiger partial charge in [0.1, 0.15) is 0 Å². The molecule has 0 aromatic heterocycles. The first-order chi connectivity index (χ1) is 35.3. The van der Waals surface area contributed by atoms with Gasteiger partial charge in [0, 0.05) is 6.54 Å². The highest BCUT2D eigenvalue weighted by Gasteiger charge is 2.42. The minimum absolute atomic E-state index is 0.461. The van der Waals surface area contributed by atoms with Gasteiger partial charge in [-0.15, -0.1) is 0 Å². The van der Waals surface area contributed by atoms with E-state index in [2.05, 4.69) is 294 Å². The Morgan fingerprint density at radius 1 is 0.239 bits per heavy atom. The van der Waals surface area contributed by atoms with E-state index in [-0.39, 0.29) is 0 Å². The third kappa shape index (κ3) is 10.9. The molecule has 0 saturated carbocycles. The van der Waals surface area contributed by atoms with Crippen molar-refractivity contribution in [3.8, 4) is 0 Å². The molecule has 0 fully saturated rings. The highest BCUT2D eigenvalue weighted by atomic mass is 15.2. The predicted molar refractivity (Wildman–Crippen MR) is 297 cm³/mol. The summed E-state index contributed by atoms with van der Waals surface area (Å²) in [4.78, 5) is 2.78. The maximum absolute atomic E-state index is 4.20. The van der Waals surface area contributed by atoms with Crippen molar-refractivity contribution in [2.45, 2.75) is 42.3 Å². The van der Waals surface area contributed by atoms with Gasteiger partial charge in [0.15, 0.2) is 0 Å². The van der Waals surface area contributed by atoms with Crippen LogP contribution in [0.5, 0.6) is 0 Å². The van der Waals surface area contributed by atoms with Gasteiger partial charge in [-0.2, -0.15) is 0 Å². The van der Waals surface area contributed by atoms with E-state index >= 15 is 0 Å². The Kier molecular flexibility index (Phi) is 16.9. The second kappa shape index (κ2) is 24.6. The van der Waals surface area contributed by atoms with Crippen molar-refractivity contribution < 1.29 is 0 Å². The van der Waals surface area contributed by atoms with Crippen molar-refractivity contribution in [3.05, 3.63) is 323 Å². The molecule has 9 aromatic rings. The second-order valence-electron chi connectivity index (χ2n) is 18.5. The van der Waals surface area contributed by atoms with Crippen molar-refractivity contribution in [2.24, 2.45) is 0 Å². The molecule has 9 rings (SSSR count). The van der Waals surface area contributed by atoms with Crippen LogP contribution in [-0.4, -0.2) is 44.2 Å². The average Bonchev–Trinajstić information content (AvgIpc) is 3.46. The average molecular weight is 929 g/mol. The Hall–Kier alpha value is -7.18. The lowest BCUT2D eigenvalue weighted by molar-refractivity contribution is 0.150. The van der Waals surface area contributed by atoms with Gasteiger partial charge in [-0.25, -0.2) is 0 Å². The van der Waals surface area contributed by atoms with Gasteiger partial charge in [0.05, 0.1) is 16.6 Å². The fourth-order valence-corrected chi connectivity index (χ4v) is 11.0. The molecule has 4 nitrogen and oxygen atoms in total. The highest BCUT2D eigenvalue weighted by Crippen LogP contribution is 2.43. The van der Waals surface area contributed by atoms with E-state index in [1.807, 2.05) is 0 Å². The van der Waals surface area contributed by atoms with Gasteiger partial charge in [0.2, 0.25) is 0 Å². The minimum Gasteiger partial charge on any atom is -0.317 e. The Labute approximate surface area is 423 Å². The number of unbranched alkanes of at least 4 members (excludes halogenated alkanes) is 1. The lowest BCUT2D eigenvalue weighted by Gasteiger charge is -2.46. The van der Waals surface area contributed by atoms with Crippen LogP contribution in [0.25, 0.3) is 0 Å². The van der Waals surface area contributed by atoms with Crippen molar-refractivity contribution >= 4 is 0 Å². The maximum atomic E-state index is 4.20. The van der Waals surface area contributed by atoms with E-state index < -0.39 is 16.6 Å². The smallest absolute Gasteiger partial charge is 0.0972 e. The standard InChI is InChI=1S/C67H68N4/c1-10-32-56(33-11-1)65(57-34-12-2-13-35-57,58-36-14-3-15-37-58)69-52-30-51-68-50-28-29-54-71(67(62-44-22-7-23-45-62,63-46-24-8-25-47-63)64-48-26-9-27-49-64)55-31-53-70-66(59-38-16-4-17-39-59,60-40-18-5-19-41-60)61-42-20-6-21-43-61/h1-27,32-49,68-70H,28-31,50-55H2. The molecule has 0 radical (unpaired) electrons. The largest absolute Gasteiger partial charge is 0.317 e. The first kappa shape index (κ1) is 48.8. The Morgan fingerprint density at radius 3 is 0.775 bits per heavy atom. The SMILES string of the molecule is c1ccc(C(NCCCNCCCCN(CCCNC(c2ccccc2)(c2ccccc2)c2ccccc2)C(c2ccccc2)(c2ccccc2)c2ccccc2)(c2ccccc2)c2ccccc2)cc1. The Morgan fingerprint density at radius 2 is 0.479 bits per heavy atom. The van der Waals surface area contributed by atoms with Gasteiger partial charge in [-0.05, 0) is 108 Å². The fraction of sp³-hybridized carbons (Fsp3) is 0.194. The fourth-order valence-electron chi connectivity index (χ4n) is 11.0. The Balaban J connectivity index is 0.939. The first-order valence-electron chi connectivity index (χ1n) is 25.7. The quantitative estimate of drug-likeness (QED) is 0.0394. The maximum Gasteiger partial charge on any atom is 0.0972 e. The van der Waals surface area contributed by atoms with E-state index in [1.165, 1.54) is 50.1 Å². The van der Waals surface area contributed by atoms with Crippen LogP contribution in [0.3, 0.4) is 0 Å². The molecule has 0 bridgehead atoms. The van der Waals surface area contributed by atoms with Crippen LogP contribution in [0.1, 0.15) is 75.8 Å². The lowest BCUT2D eigenvalue weighted by atomic mass is 9.75. The number of hydrogen-bond acceptors (Lipinski definition) is 4. The molecular weight excluding hydrogens is 861 g/mol. The van der Waals surface area contributed by atoms with Crippen LogP contribution in [0, 0.1) is 0 Å². The van der Waals surface area contributed by atoms with Gasteiger partial charge in [0.25, 0.3) is 0 Å². The van der Waals surface area contributed by atoms with Crippen LogP contribution < -0.4 is 16.0 Å². The summed E-state index contributed by atoms with van der Waals surface area (Å²) in [6, 6.07) is 99.2. The zero-order valence-electron chi connectivity index (χ0n) is 41.0. The second-order valence-corrected chi connectivity index (χ2v) is 18.5. The number of nitrogens with zero attached hydrogens (tertiary/aromatic N) is 1. The van der Waals surface area contributed by atoms with Crippen molar-refractivity contribution in [2.75, 3.05) is 39.3 Å². The van der Waals surface area contributed by atoms with Crippen LogP contribution in [0.4, 0.5) is 0 Å². The summed E-state index contributed by atoms with van der Waals surface area (Å²) in [5.41, 5.74) is 9.74. The molecule has 0 spiro atoms. The molecule has 3 N–H and O–H groups in total. The van der Waals surface area contributed by atoms with Crippen LogP contribution >= 0.6 is 0 Å². The van der Waals surface area contributed by atoms with Gasteiger partial charge < -0.3 is 5.32 Å². The topological polar surface area (TPSA) is 39.3 Å². The highest BCUT2D eigenvalue weighted by molar-refractivity contribution is 5.52. The van der Waals surface area contributed by atoms with E-state index in [4.69, 9.17) is 0 Å². The van der Waals surface area contributed by atoms with Crippen molar-refractivity contribution in [3.63, 3.8) is 0 Å². The van der Waals surface area contributed by atoms with E-state index in [9.17, 15) is 0 Å². The lowest BCUT2D eigenvalue weighted by Crippen LogP contribution is -2.50. The number of rotatable bonds is 25. The third-order valence-electron chi connectivity index (χ3n) is 14.2. The summed E-state index contributed by atoms with van der Waals surface area (Å²) < 4.78 is 0.